The molecule has 0 amide bonds. The Kier molecular flexibility index (Phi) is 4.17. The lowest BCUT2D eigenvalue weighted by molar-refractivity contribution is -0.384. The van der Waals surface area contributed by atoms with Gasteiger partial charge in [-0.2, -0.15) is 4.98 Å². The predicted molar refractivity (Wildman–Crippen MR) is 90.4 cm³/mol. The van der Waals surface area contributed by atoms with Crippen molar-refractivity contribution in [1.29, 1.82) is 0 Å². The molecule has 2 aromatic rings. The summed E-state index contributed by atoms with van der Waals surface area (Å²) in [6, 6.07) is 4.91. The van der Waals surface area contributed by atoms with E-state index < -0.39 is 4.92 Å². The number of rotatable bonds is 4. The van der Waals surface area contributed by atoms with Gasteiger partial charge in [0.05, 0.1) is 4.92 Å². The number of nitrogens with zero attached hydrogens (tertiary/aromatic N) is 4. The van der Waals surface area contributed by atoms with Gasteiger partial charge in [0, 0.05) is 43.4 Å². The fourth-order valence-electron chi connectivity index (χ4n) is 2.94. The molecule has 0 radical (unpaired) electrons. The van der Waals surface area contributed by atoms with Gasteiger partial charge in [0.25, 0.3) is 5.69 Å². The molecule has 9 nitrogen and oxygen atoms in total. The van der Waals surface area contributed by atoms with Gasteiger partial charge in [-0.3, -0.25) is 10.1 Å². The Labute approximate surface area is 138 Å². The normalized spacial score (nSPS) is 17.2. The molecule has 0 saturated carbocycles. The molecule has 2 heterocycles. The zero-order valence-electron chi connectivity index (χ0n) is 12.9. The summed E-state index contributed by atoms with van der Waals surface area (Å²) in [4.78, 5) is 20.8. The molecular formula is C15H18N6O3. The Balaban J connectivity index is 2.00. The van der Waals surface area contributed by atoms with Crippen LogP contribution in [0.1, 0.15) is 6.42 Å². The summed E-state index contributed by atoms with van der Waals surface area (Å²) in [7, 11) is 0. The van der Waals surface area contributed by atoms with Crippen LogP contribution in [0.25, 0.3) is 11.1 Å². The van der Waals surface area contributed by atoms with Gasteiger partial charge in [0.1, 0.15) is 11.5 Å². The molecule has 1 fully saturated rings. The molecule has 1 unspecified atom stereocenters. The molecule has 1 atom stereocenters. The second-order valence-corrected chi connectivity index (χ2v) is 5.77. The number of hydrogen-bond acceptors (Lipinski definition) is 8. The number of benzene rings is 1. The minimum Gasteiger partial charge on any atom is -0.396 e. The molecule has 0 spiro atoms. The van der Waals surface area contributed by atoms with Crippen molar-refractivity contribution in [2.24, 2.45) is 5.92 Å². The first-order chi connectivity index (χ1) is 11.5. The minimum atomic E-state index is -0.417. The number of aliphatic hydroxyl groups is 1. The van der Waals surface area contributed by atoms with E-state index in [0.29, 0.717) is 29.9 Å². The first-order valence-electron chi connectivity index (χ1n) is 7.52. The Hall–Kier alpha value is -2.94. The molecule has 3 rings (SSSR count). The van der Waals surface area contributed by atoms with Gasteiger partial charge >= 0.3 is 0 Å². The number of anilines is 3. The smallest absolute Gasteiger partial charge is 0.293 e. The Morgan fingerprint density at radius 3 is 2.83 bits per heavy atom. The van der Waals surface area contributed by atoms with Crippen LogP contribution >= 0.6 is 0 Å². The quantitative estimate of drug-likeness (QED) is 0.557. The fraction of sp³-hybridized carbons (Fsp3) is 0.333. The molecule has 126 valence electrons. The van der Waals surface area contributed by atoms with E-state index in [9.17, 15) is 15.2 Å². The molecule has 0 bridgehead atoms. The van der Waals surface area contributed by atoms with Crippen molar-refractivity contribution < 1.29 is 10.0 Å². The van der Waals surface area contributed by atoms with Crippen LogP contribution in [0.15, 0.2) is 24.4 Å². The second kappa shape index (κ2) is 6.28. The Bertz CT molecular complexity index is 782. The van der Waals surface area contributed by atoms with Crippen LogP contribution in [0.2, 0.25) is 0 Å². The Morgan fingerprint density at radius 2 is 2.21 bits per heavy atom. The van der Waals surface area contributed by atoms with E-state index in [1.54, 1.807) is 12.1 Å². The number of aliphatic hydroxyl groups excluding tert-OH is 1. The van der Waals surface area contributed by atoms with Gasteiger partial charge in [-0.05, 0) is 18.1 Å². The third-order valence-corrected chi connectivity index (χ3v) is 4.20. The SMILES string of the molecule is Nc1ncc(-c2ccc(N3CCC(CO)C3)c([N+](=O)[O-])c2)c(N)n1. The van der Waals surface area contributed by atoms with Gasteiger partial charge in [-0.1, -0.05) is 6.07 Å². The van der Waals surface area contributed by atoms with Crippen molar-refractivity contribution in [3.05, 3.63) is 34.5 Å². The average Bonchev–Trinajstić information content (AvgIpc) is 3.03. The molecule has 1 aromatic carbocycles. The zero-order valence-corrected chi connectivity index (χ0v) is 12.9. The van der Waals surface area contributed by atoms with Gasteiger partial charge < -0.3 is 21.5 Å². The summed E-state index contributed by atoms with van der Waals surface area (Å²) in [6.07, 6.45) is 2.27. The third-order valence-electron chi connectivity index (χ3n) is 4.20. The van der Waals surface area contributed by atoms with E-state index in [1.165, 1.54) is 12.3 Å². The number of nitrogens with two attached hydrogens (primary N) is 2. The van der Waals surface area contributed by atoms with Crippen LogP contribution in [0, 0.1) is 16.0 Å². The first kappa shape index (κ1) is 15.9. The van der Waals surface area contributed by atoms with E-state index in [4.69, 9.17) is 11.5 Å². The topological polar surface area (TPSA) is 144 Å². The number of nitro benzene ring substituents is 1. The molecular weight excluding hydrogens is 312 g/mol. The van der Waals surface area contributed by atoms with Crippen molar-refractivity contribution in [2.75, 3.05) is 36.1 Å². The molecule has 1 aromatic heterocycles. The van der Waals surface area contributed by atoms with Gasteiger partial charge in [0.15, 0.2) is 0 Å². The number of nitro groups is 1. The van der Waals surface area contributed by atoms with Crippen LogP contribution in [0.3, 0.4) is 0 Å². The van der Waals surface area contributed by atoms with Crippen molar-refractivity contribution in [3.8, 4) is 11.1 Å². The lowest BCUT2D eigenvalue weighted by Gasteiger charge is -2.19. The van der Waals surface area contributed by atoms with Gasteiger partial charge in [0.2, 0.25) is 5.95 Å². The van der Waals surface area contributed by atoms with Crippen LogP contribution in [-0.4, -0.2) is 39.7 Å². The highest BCUT2D eigenvalue weighted by atomic mass is 16.6. The van der Waals surface area contributed by atoms with E-state index in [2.05, 4.69) is 9.97 Å². The highest BCUT2D eigenvalue weighted by Gasteiger charge is 2.27. The number of aromatic nitrogens is 2. The predicted octanol–water partition coefficient (Wildman–Crippen LogP) is 1.03. The fourth-order valence-corrected chi connectivity index (χ4v) is 2.94. The summed E-state index contributed by atoms with van der Waals surface area (Å²) >= 11 is 0. The molecule has 1 saturated heterocycles. The third kappa shape index (κ3) is 2.93. The number of hydrogen-bond donors (Lipinski definition) is 3. The van der Waals surface area contributed by atoms with Crippen molar-refractivity contribution in [3.63, 3.8) is 0 Å². The van der Waals surface area contributed by atoms with E-state index in [0.717, 1.165) is 6.42 Å². The summed E-state index contributed by atoms with van der Waals surface area (Å²) in [5, 5.41) is 20.8. The van der Waals surface area contributed by atoms with Crippen LogP contribution in [0.5, 0.6) is 0 Å². The summed E-state index contributed by atoms with van der Waals surface area (Å²) in [5.74, 6) is 0.367. The maximum Gasteiger partial charge on any atom is 0.293 e. The molecule has 1 aliphatic rings. The lowest BCUT2D eigenvalue weighted by atomic mass is 10.1. The monoisotopic (exact) mass is 330 g/mol. The highest BCUT2D eigenvalue weighted by molar-refractivity contribution is 5.79. The maximum atomic E-state index is 11.5. The second-order valence-electron chi connectivity index (χ2n) is 5.77. The standard InChI is InChI=1S/C15H18N6O3/c16-14-11(6-18-15(17)19-14)10-1-2-12(13(5-10)21(23)24)20-4-3-9(7-20)8-22/h1-2,5-6,9,22H,3-4,7-8H2,(H4,16,17,18,19). The summed E-state index contributed by atoms with van der Waals surface area (Å²) in [6.45, 7) is 1.37. The van der Waals surface area contributed by atoms with Crippen LogP contribution < -0.4 is 16.4 Å². The molecule has 0 aliphatic carbocycles. The van der Waals surface area contributed by atoms with Crippen LogP contribution in [0.4, 0.5) is 23.1 Å². The summed E-state index contributed by atoms with van der Waals surface area (Å²) in [5.41, 5.74) is 12.9. The molecule has 24 heavy (non-hydrogen) atoms. The molecule has 1 aliphatic heterocycles. The van der Waals surface area contributed by atoms with E-state index >= 15 is 0 Å². The highest BCUT2D eigenvalue weighted by Crippen LogP contribution is 2.36. The van der Waals surface area contributed by atoms with Crippen molar-refractivity contribution in [2.45, 2.75) is 6.42 Å². The van der Waals surface area contributed by atoms with Crippen molar-refractivity contribution >= 4 is 23.1 Å². The molecule has 9 heteroatoms. The zero-order chi connectivity index (χ0) is 17.3. The summed E-state index contributed by atoms with van der Waals surface area (Å²) < 4.78 is 0. The van der Waals surface area contributed by atoms with E-state index in [1.807, 2.05) is 4.90 Å². The largest absolute Gasteiger partial charge is 0.396 e. The van der Waals surface area contributed by atoms with Crippen LogP contribution in [-0.2, 0) is 0 Å². The Morgan fingerprint density at radius 1 is 1.42 bits per heavy atom. The first-order valence-corrected chi connectivity index (χ1v) is 7.52. The molecule has 5 N–H and O–H groups in total. The maximum absolute atomic E-state index is 11.5. The lowest BCUT2D eigenvalue weighted by Crippen LogP contribution is -2.21. The van der Waals surface area contributed by atoms with Gasteiger partial charge in [-0.15, -0.1) is 0 Å². The minimum absolute atomic E-state index is 0.0117. The number of nitrogen functional groups attached to an aromatic ring is 2. The van der Waals surface area contributed by atoms with Crippen molar-refractivity contribution in [1.82, 2.24) is 9.97 Å². The van der Waals surface area contributed by atoms with Gasteiger partial charge in [-0.25, -0.2) is 4.98 Å². The average molecular weight is 330 g/mol. The van der Waals surface area contributed by atoms with E-state index in [-0.39, 0.29) is 30.0 Å².